The van der Waals surface area contributed by atoms with Crippen LogP contribution in [0.2, 0.25) is 5.02 Å². The summed E-state index contributed by atoms with van der Waals surface area (Å²) in [5.41, 5.74) is 7.59. The first kappa shape index (κ1) is 18.3. The van der Waals surface area contributed by atoms with E-state index in [0.717, 1.165) is 60.4 Å². The van der Waals surface area contributed by atoms with E-state index >= 15 is 0 Å². The van der Waals surface area contributed by atoms with Gasteiger partial charge in [-0.25, -0.2) is 15.0 Å². The summed E-state index contributed by atoms with van der Waals surface area (Å²) in [6.07, 6.45) is 10.1. The fraction of sp³-hybridized carbons (Fsp3) is 0.550. The van der Waals surface area contributed by atoms with Gasteiger partial charge in [0.25, 0.3) is 0 Å². The molecule has 0 amide bonds. The zero-order valence-corrected chi connectivity index (χ0v) is 16.5. The second-order valence-corrected chi connectivity index (χ2v) is 8.27. The molecular weight excluding hydrogens is 360 g/mol. The Bertz CT molecular complexity index is 773. The number of nitrogen functional groups attached to an aromatic ring is 1. The molecule has 2 aliphatic rings. The number of halogens is 1. The first-order chi connectivity index (χ1) is 13.1. The van der Waals surface area contributed by atoms with Crippen molar-refractivity contribution in [3.05, 3.63) is 35.2 Å². The maximum atomic E-state index is 5.88. The molecule has 2 aromatic rings. The number of aromatic nitrogens is 3. The number of anilines is 3. The number of hydrogen-bond donors (Lipinski definition) is 2. The SMILES string of the molecule is Cc1cc(N)cnc1NCC[C@@H]1C[C@@H]1C1CCN(c2ncc(Cl)cn2)CC1. The van der Waals surface area contributed by atoms with E-state index in [1.165, 1.54) is 25.7 Å². The van der Waals surface area contributed by atoms with E-state index in [4.69, 9.17) is 17.3 Å². The number of rotatable bonds is 6. The molecule has 6 nitrogen and oxygen atoms in total. The molecule has 3 N–H and O–H groups in total. The van der Waals surface area contributed by atoms with Crippen molar-refractivity contribution >= 4 is 29.1 Å². The van der Waals surface area contributed by atoms with Crippen molar-refractivity contribution in [1.29, 1.82) is 0 Å². The summed E-state index contributed by atoms with van der Waals surface area (Å²) in [5.74, 6) is 4.35. The minimum Gasteiger partial charge on any atom is -0.397 e. The van der Waals surface area contributed by atoms with Gasteiger partial charge in [0.2, 0.25) is 5.95 Å². The summed E-state index contributed by atoms with van der Waals surface area (Å²) in [6, 6.07) is 1.97. The number of hydrogen-bond acceptors (Lipinski definition) is 6. The zero-order chi connectivity index (χ0) is 18.8. The highest BCUT2D eigenvalue weighted by molar-refractivity contribution is 6.30. The molecule has 1 aliphatic heterocycles. The smallest absolute Gasteiger partial charge is 0.225 e. The number of piperidine rings is 1. The van der Waals surface area contributed by atoms with Crippen molar-refractivity contribution in [3.63, 3.8) is 0 Å². The van der Waals surface area contributed by atoms with Crippen molar-refractivity contribution in [3.8, 4) is 0 Å². The zero-order valence-electron chi connectivity index (χ0n) is 15.7. The van der Waals surface area contributed by atoms with Crippen LogP contribution in [0.3, 0.4) is 0 Å². The largest absolute Gasteiger partial charge is 0.397 e. The van der Waals surface area contributed by atoms with E-state index in [9.17, 15) is 0 Å². The topological polar surface area (TPSA) is 80.0 Å². The van der Waals surface area contributed by atoms with Gasteiger partial charge in [-0.3, -0.25) is 0 Å². The lowest BCUT2D eigenvalue weighted by Crippen LogP contribution is -2.35. The lowest BCUT2D eigenvalue weighted by Gasteiger charge is -2.32. The molecule has 1 saturated heterocycles. The predicted molar refractivity (Wildman–Crippen MR) is 110 cm³/mol. The quantitative estimate of drug-likeness (QED) is 0.786. The molecule has 27 heavy (non-hydrogen) atoms. The van der Waals surface area contributed by atoms with E-state index in [1.807, 2.05) is 13.0 Å². The Balaban J connectivity index is 1.19. The van der Waals surface area contributed by atoms with Gasteiger partial charge in [-0.05, 0) is 62.0 Å². The first-order valence-corrected chi connectivity index (χ1v) is 10.2. The molecule has 2 fully saturated rings. The molecule has 144 valence electrons. The summed E-state index contributed by atoms with van der Waals surface area (Å²) in [5, 5.41) is 4.06. The van der Waals surface area contributed by atoms with E-state index in [1.54, 1.807) is 18.6 Å². The van der Waals surface area contributed by atoms with E-state index in [-0.39, 0.29) is 0 Å². The minimum absolute atomic E-state index is 0.590. The van der Waals surface area contributed by atoms with Gasteiger partial charge in [-0.2, -0.15) is 0 Å². The maximum absolute atomic E-state index is 5.88. The third-order valence-corrected chi connectivity index (χ3v) is 6.11. The average Bonchev–Trinajstić information content (AvgIpc) is 3.44. The van der Waals surface area contributed by atoms with Crippen LogP contribution < -0.4 is 16.0 Å². The number of nitrogens with two attached hydrogens (primary N) is 1. The second-order valence-electron chi connectivity index (χ2n) is 7.84. The van der Waals surface area contributed by atoms with Crippen LogP contribution in [0.15, 0.2) is 24.7 Å². The average molecular weight is 387 g/mol. The summed E-state index contributed by atoms with van der Waals surface area (Å²) in [4.78, 5) is 15.4. The van der Waals surface area contributed by atoms with E-state index in [2.05, 4.69) is 25.2 Å². The third kappa shape index (κ3) is 4.43. The highest BCUT2D eigenvalue weighted by atomic mass is 35.5. The number of aryl methyl sites for hydroxylation is 1. The Kier molecular flexibility index (Phi) is 5.34. The summed E-state index contributed by atoms with van der Waals surface area (Å²) >= 11 is 5.88. The van der Waals surface area contributed by atoms with Crippen LogP contribution in [0.5, 0.6) is 0 Å². The van der Waals surface area contributed by atoms with Crippen LogP contribution in [0.1, 0.15) is 31.2 Å². The molecule has 0 spiro atoms. The molecule has 0 bridgehead atoms. The molecule has 2 atom stereocenters. The van der Waals surface area contributed by atoms with Crippen molar-refractivity contribution in [1.82, 2.24) is 15.0 Å². The summed E-state index contributed by atoms with van der Waals surface area (Å²) in [6.45, 7) is 5.12. The molecular formula is C20H27ClN6. The normalized spacial score (nSPS) is 22.7. The van der Waals surface area contributed by atoms with Gasteiger partial charge in [0.1, 0.15) is 5.82 Å². The van der Waals surface area contributed by atoms with E-state index in [0.29, 0.717) is 5.02 Å². The first-order valence-electron chi connectivity index (χ1n) is 9.78. The highest BCUT2D eigenvalue weighted by Crippen LogP contribution is 2.49. The van der Waals surface area contributed by atoms with Gasteiger partial charge in [-0.1, -0.05) is 11.6 Å². The summed E-state index contributed by atoms with van der Waals surface area (Å²) < 4.78 is 0. The highest BCUT2D eigenvalue weighted by Gasteiger charge is 2.43. The summed E-state index contributed by atoms with van der Waals surface area (Å²) in [7, 11) is 0. The lowest BCUT2D eigenvalue weighted by atomic mass is 9.90. The molecule has 1 saturated carbocycles. The number of nitrogens with zero attached hydrogens (tertiary/aromatic N) is 4. The van der Waals surface area contributed by atoms with Gasteiger partial charge in [0.15, 0.2) is 0 Å². The van der Waals surface area contributed by atoms with Crippen LogP contribution in [0.25, 0.3) is 0 Å². The van der Waals surface area contributed by atoms with Crippen LogP contribution in [0, 0.1) is 24.7 Å². The Hall–Kier alpha value is -2.08. The minimum atomic E-state index is 0.590. The van der Waals surface area contributed by atoms with Crippen LogP contribution in [0.4, 0.5) is 17.5 Å². The van der Waals surface area contributed by atoms with Crippen LogP contribution in [-0.4, -0.2) is 34.6 Å². The maximum Gasteiger partial charge on any atom is 0.225 e. The van der Waals surface area contributed by atoms with Gasteiger partial charge >= 0.3 is 0 Å². The van der Waals surface area contributed by atoms with Crippen molar-refractivity contribution in [2.75, 3.05) is 35.6 Å². The molecule has 4 rings (SSSR count). The van der Waals surface area contributed by atoms with Crippen LogP contribution >= 0.6 is 11.6 Å². The molecule has 7 heteroatoms. The fourth-order valence-electron chi connectivity index (χ4n) is 4.33. The predicted octanol–water partition coefficient (Wildman–Crippen LogP) is 3.77. The monoisotopic (exact) mass is 386 g/mol. The Labute approximate surface area is 165 Å². The van der Waals surface area contributed by atoms with Gasteiger partial charge in [0.05, 0.1) is 29.3 Å². The third-order valence-electron chi connectivity index (χ3n) is 5.92. The van der Waals surface area contributed by atoms with Gasteiger partial charge in [-0.15, -0.1) is 0 Å². The fourth-order valence-corrected chi connectivity index (χ4v) is 4.43. The lowest BCUT2D eigenvalue weighted by molar-refractivity contribution is 0.343. The van der Waals surface area contributed by atoms with E-state index < -0.39 is 0 Å². The number of pyridine rings is 1. The molecule has 2 aromatic heterocycles. The second kappa shape index (κ2) is 7.89. The van der Waals surface area contributed by atoms with Crippen LogP contribution in [-0.2, 0) is 0 Å². The Morgan fingerprint density at radius 3 is 2.63 bits per heavy atom. The van der Waals surface area contributed by atoms with Gasteiger partial charge < -0.3 is 16.0 Å². The Morgan fingerprint density at radius 2 is 1.93 bits per heavy atom. The molecule has 0 radical (unpaired) electrons. The number of nitrogens with one attached hydrogen (secondary N) is 1. The molecule has 0 unspecified atom stereocenters. The molecule has 0 aromatic carbocycles. The van der Waals surface area contributed by atoms with Gasteiger partial charge in [0, 0.05) is 19.6 Å². The van der Waals surface area contributed by atoms with Crippen molar-refractivity contribution in [2.45, 2.75) is 32.6 Å². The molecule has 1 aliphatic carbocycles. The van der Waals surface area contributed by atoms with Crippen molar-refractivity contribution in [2.24, 2.45) is 17.8 Å². The molecule has 3 heterocycles. The Morgan fingerprint density at radius 1 is 1.19 bits per heavy atom. The van der Waals surface area contributed by atoms with Crippen molar-refractivity contribution < 1.29 is 0 Å². The standard InChI is InChI=1S/C20H27ClN6/c1-13-8-17(22)12-24-19(13)23-5-2-15-9-18(15)14-3-6-27(7-4-14)20-25-10-16(21)11-26-20/h8,10-12,14-15,18H,2-7,9,22H2,1H3,(H,23,24)/t15-,18-/m1/s1.